The van der Waals surface area contributed by atoms with E-state index in [1.54, 1.807) is 6.07 Å². The first-order valence-electron chi connectivity index (χ1n) is 2.54. The summed E-state index contributed by atoms with van der Waals surface area (Å²) in [6, 6.07) is 1.69. The molecule has 3 nitrogen and oxygen atoms in total. The molecule has 0 aliphatic rings. The van der Waals surface area contributed by atoms with E-state index in [1.807, 2.05) is 0 Å². The average molecular weight is 171 g/mol. The molecule has 0 rings (SSSR count). The van der Waals surface area contributed by atoms with Crippen LogP contribution in [0.15, 0.2) is 36.6 Å². The SMILES string of the molecule is C=CC#N.C=CS(=O)(=O)C=C. The highest BCUT2D eigenvalue weighted by molar-refractivity contribution is 7.97. The first-order valence-corrected chi connectivity index (χ1v) is 4.15. The van der Waals surface area contributed by atoms with E-state index in [-0.39, 0.29) is 0 Å². The summed E-state index contributed by atoms with van der Waals surface area (Å²) in [6.45, 7) is 9.21. The molecule has 0 aromatic carbocycles. The van der Waals surface area contributed by atoms with Gasteiger partial charge in [0.1, 0.15) is 0 Å². The van der Waals surface area contributed by atoms with Crippen molar-refractivity contribution >= 4 is 9.84 Å². The van der Waals surface area contributed by atoms with Crippen LogP contribution in [0.2, 0.25) is 0 Å². The zero-order valence-electron chi connectivity index (χ0n) is 6.03. The maximum absolute atomic E-state index is 10.1. The van der Waals surface area contributed by atoms with Gasteiger partial charge in [0.25, 0.3) is 0 Å². The maximum atomic E-state index is 10.1. The number of allylic oxidation sites excluding steroid dienone is 1. The summed E-state index contributed by atoms with van der Waals surface area (Å²) in [7, 11) is -3.13. The van der Waals surface area contributed by atoms with E-state index in [9.17, 15) is 8.42 Å². The van der Waals surface area contributed by atoms with Crippen molar-refractivity contribution in [2.75, 3.05) is 0 Å². The van der Waals surface area contributed by atoms with E-state index in [0.29, 0.717) is 0 Å². The molecule has 0 atom stereocenters. The minimum absolute atomic E-state index is 0.847. The summed E-state index contributed by atoms with van der Waals surface area (Å²) >= 11 is 0. The van der Waals surface area contributed by atoms with Gasteiger partial charge in [-0.1, -0.05) is 19.7 Å². The third kappa shape index (κ3) is 12.0. The highest BCUT2D eigenvalue weighted by atomic mass is 32.2. The van der Waals surface area contributed by atoms with Gasteiger partial charge in [-0.3, -0.25) is 0 Å². The molecule has 0 amide bonds. The van der Waals surface area contributed by atoms with Crippen LogP contribution >= 0.6 is 0 Å². The summed E-state index contributed by atoms with van der Waals surface area (Å²) in [5.74, 6) is 0. The van der Waals surface area contributed by atoms with E-state index < -0.39 is 9.84 Å². The van der Waals surface area contributed by atoms with Crippen molar-refractivity contribution in [2.24, 2.45) is 0 Å². The fourth-order valence-corrected chi connectivity index (χ4v) is 0.204. The third-order valence-corrected chi connectivity index (χ3v) is 1.49. The Bertz CT molecular complexity index is 255. The average Bonchev–Trinajstić information content (AvgIpc) is 2.05. The quantitative estimate of drug-likeness (QED) is 0.590. The van der Waals surface area contributed by atoms with Crippen molar-refractivity contribution in [3.63, 3.8) is 0 Å². The van der Waals surface area contributed by atoms with Crippen LogP contribution in [0.25, 0.3) is 0 Å². The van der Waals surface area contributed by atoms with Gasteiger partial charge in [0.15, 0.2) is 9.84 Å². The molecular weight excluding hydrogens is 162 g/mol. The van der Waals surface area contributed by atoms with Gasteiger partial charge in [0.2, 0.25) is 0 Å². The van der Waals surface area contributed by atoms with Gasteiger partial charge in [0, 0.05) is 16.9 Å². The maximum Gasteiger partial charge on any atom is 0.191 e. The van der Waals surface area contributed by atoms with Crippen LogP contribution in [0.1, 0.15) is 0 Å². The number of nitriles is 1. The lowest BCUT2D eigenvalue weighted by atomic mass is 10.8. The van der Waals surface area contributed by atoms with Gasteiger partial charge in [-0.05, 0) is 0 Å². The molecule has 0 aromatic rings. The zero-order valence-corrected chi connectivity index (χ0v) is 6.84. The smallest absolute Gasteiger partial charge is 0.191 e. The number of nitrogens with zero attached hydrogens (tertiary/aromatic N) is 1. The molecule has 0 aliphatic carbocycles. The van der Waals surface area contributed by atoms with Crippen molar-refractivity contribution in [3.8, 4) is 6.07 Å². The molecule has 0 unspecified atom stereocenters. The predicted octanol–water partition coefficient (Wildman–Crippen LogP) is 1.38. The number of sulfone groups is 1. The topological polar surface area (TPSA) is 57.9 Å². The molecule has 0 saturated carbocycles. The van der Waals surface area contributed by atoms with Crippen molar-refractivity contribution in [1.82, 2.24) is 0 Å². The minimum atomic E-state index is -3.13. The van der Waals surface area contributed by atoms with Crippen LogP contribution < -0.4 is 0 Å². The Kier molecular flexibility index (Phi) is 7.61. The van der Waals surface area contributed by atoms with Crippen LogP contribution in [0, 0.1) is 11.3 Å². The summed E-state index contributed by atoms with van der Waals surface area (Å²) in [5.41, 5.74) is 0. The van der Waals surface area contributed by atoms with Crippen molar-refractivity contribution in [2.45, 2.75) is 0 Å². The molecule has 0 fully saturated rings. The van der Waals surface area contributed by atoms with Gasteiger partial charge in [-0.25, -0.2) is 8.42 Å². The molecule has 11 heavy (non-hydrogen) atoms. The number of hydrogen-bond donors (Lipinski definition) is 0. The lowest BCUT2D eigenvalue weighted by Gasteiger charge is -1.78. The highest BCUT2D eigenvalue weighted by Crippen LogP contribution is 1.87. The highest BCUT2D eigenvalue weighted by Gasteiger charge is 1.90. The van der Waals surface area contributed by atoms with E-state index >= 15 is 0 Å². The van der Waals surface area contributed by atoms with Gasteiger partial charge in [-0.2, -0.15) is 5.26 Å². The second-order valence-corrected chi connectivity index (χ2v) is 3.10. The Balaban J connectivity index is 0. The summed E-state index contributed by atoms with van der Waals surface area (Å²) < 4.78 is 20.3. The fraction of sp³-hybridized carbons (Fsp3) is 0. The standard InChI is InChI=1S/C4H6O2S.C3H3N/c1-3-7(5,6)4-2;1-2-3-4/h3-4H,1-2H2;2H,1H2. The van der Waals surface area contributed by atoms with E-state index in [4.69, 9.17) is 5.26 Å². The molecule has 0 bridgehead atoms. The molecule has 0 N–H and O–H groups in total. The van der Waals surface area contributed by atoms with Gasteiger partial charge in [0.05, 0.1) is 6.07 Å². The molecule has 0 spiro atoms. The monoisotopic (exact) mass is 171 g/mol. The summed E-state index contributed by atoms with van der Waals surface area (Å²) in [5, 5.41) is 9.20. The predicted molar refractivity (Wildman–Crippen MR) is 45.1 cm³/mol. The largest absolute Gasteiger partial charge is 0.220 e. The molecule has 4 heteroatoms. The molecule has 0 saturated heterocycles. The van der Waals surface area contributed by atoms with Crippen LogP contribution in [-0.2, 0) is 9.84 Å². The Labute approximate surface area is 66.9 Å². The first-order chi connectivity index (χ1) is 5.04. The van der Waals surface area contributed by atoms with Gasteiger partial charge >= 0.3 is 0 Å². The van der Waals surface area contributed by atoms with E-state index in [2.05, 4.69) is 19.7 Å². The van der Waals surface area contributed by atoms with Crippen LogP contribution in [0.4, 0.5) is 0 Å². The fourth-order valence-electron chi connectivity index (χ4n) is 0.0680. The molecule has 0 aliphatic heterocycles. The molecular formula is C7H9NO2S. The second-order valence-electron chi connectivity index (χ2n) is 1.26. The normalized spacial score (nSPS) is 7.91. The van der Waals surface area contributed by atoms with Crippen LogP contribution in [0.5, 0.6) is 0 Å². The van der Waals surface area contributed by atoms with Crippen molar-refractivity contribution < 1.29 is 8.42 Å². The zero-order chi connectivity index (χ0) is 9.33. The Hall–Kier alpha value is -1.34. The lowest BCUT2D eigenvalue weighted by Crippen LogP contribution is -1.83. The number of hydrogen-bond acceptors (Lipinski definition) is 3. The summed E-state index contributed by atoms with van der Waals surface area (Å²) in [6.07, 6.45) is 1.18. The summed E-state index contributed by atoms with van der Waals surface area (Å²) in [4.78, 5) is 0. The van der Waals surface area contributed by atoms with E-state index in [0.717, 1.165) is 10.8 Å². The Morgan fingerprint density at radius 3 is 1.45 bits per heavy atom. The second kappa shape index (κ2) is 6.78. The van der Waals surface area contributed by atoms with Gasteiger partial charge in [-0.15, -0.1) is 0 Å². The van der Waals surface area contributed by atoms with E-state index in [1.165, 1.54) is 6.08 Å². The van der Waals surface area contributed by atoms with Crippen molar-refractivity contribution in [3.05, 3.63) is 36.6 Å². The van der Waals surface area contributed by atoms with Crippen LogP contribution in [-0.4, -0.2) is 8.42 Å². The Morgan fingerprint density at radius 1 is 1.18 bits per heavy atom. The lowest BCUT2D eigenvalue weighted by molar-refractivity contribution is 0.613. The molecule has 0 aromatic heterocycles. The molecule has 0 heterocycles. The number of rotatable bonds is 2. The van der Waals surface area contributed by atoms with Crippen molar-refractivity contribution in [1.29, 1.82) is 5.26 Å². The first kappa shape index (κ1) is 12.3. The molecule has 0 radical (unpaired) electrons. The minimum Gasteiger partial charge on any atom is -0.220 e. The molecule has 60 valence electrons. The van der Waals surface area contributed by atoms with Gasteiger partial charge < -0.3 is 0 Å². The van der Waals surface area contributed by atoms with Crippen LogP contribution in [0.3, 0.4) is 0 Å². The third-order valence-electron chi connectivity index (χ3n) is 0.556. The Morgan fingerprint density at radius 2 is 1.45 bits per heavy atom.